The van der Waals surface area contributed by atoms with Crippen LogP contribution < -0.4 is 10.5 Å². The first kappa shape index (κ1) is 9.52. The number of ether oxygens (including phenoxy) is 1. The van der Waals surface area contributed by atoms with Gasteiger partial charge in [0.2, 0.25) is 5.91 Å². The van der Waals surface area contributed by atoms with Crippen LogP contribution in [0.1, 0.15) is 23.2 Å². The average molecular weight is 256 g/mol. The van der Waals surface area contributed by atoms with Gasteiger partial charge in [-0.25, -0.2) is 0 Å². The Morgan fingerprint density at radius 1 is 1.50 bits per heavy atom. The fourth-order valence-electron chi connectivity index (χ4n) is 1.16. The van der Waals surface area contributed by atoms with Gasteiger partial charge >= 0.3 is 0 Å². The standard InChI is InChI=1S/C10H10BrNO2/c11-9-7(10(12)13)2-1-3-8(9)14-6-4-5-6/h1-3,6H,4-5H2,(H2,12,13). The van der Waals surface area contributed by atoms with Crippen molar-refractivity contribution in [3.63, 3.8) is 0 Å². The molecule has 4 heteroatoms. The van der Waals surface area contributed by atoms with Crippen LogP contribution in [-0.4, -0.2) is 12.0 Å². The van der Waals surface area contributed by atoms with E-state index in [4.69, 9.17) is 10.5 Å². The molecule has 0 bridgehead atoms. The molecular formula is C10H10BrNO2. The molecule has 0 spiro atoms. The van der Waals surface area contributed by atoms with E-state index in [2.05, 4.69) is 15.9 Å². The number of hydrogen-bond acceptors (Lipinski definition) is 2. The molecule has 0 atom stereocenters. The second-order valence-corrected chi connectivity index (χ2v) is 4.09. The maximum absolute atomic E-state index is 11.0. The zero-order valence-electron chi connectivity index (χ0n) is 7.50. The Labute approximate surface area is 90.4 Å². The molecule has 1 saturated carbocycles. The predicted molar refractivity (Wildman–Crippen MR) is 56.3 cm³/mol. The molecule has 1 aliphatic carbocycles. The summed E-state index contributed by atoms with van der Waals surface area (Å²) in [5.74, 6) is 0.252. The fourth-order valence-corrected chi connectivity index (χ4v) is 1.71. The summed E-state index contributed by atoms with van der Waals surface area (Å²) < 4.78 is 6.24. The van der Waals surface area contributed by atoms with Gasteiger partial charge in [0.1, 0.15) is 5.75 Å². The van der Waals surface area contributed by atoms with Gasteiger partial charge < -0.3 is 10.5 Å². The molecule has 1 fully saturated rings. The van der Waals surface area contributed by atoms with Gasteiger partial charge in [0.05, 0.1) is 16.1 Å². The number of amides is 1. The van der Waals surface area contributed by atoms with E-state index in [-0.39, 0.29) is 0 Å². The number of nitrogens with two attached hydrogens (primary N) is 1. The summed E-state index contributed by atoms with van der Waals surface area (Å²) in [6.45, 7) is 0. The number of carbonyl (C=O) groups excluding carboxylic acids is 1. The Bertz CT molecular complexity index is 374. The van der Waals surface area contributed by atoms with Crippen LogP contribution in [0.25, 0.3) is 0 Å². The van der Waals surface area contributed by atoms with E-state index in [9.17, 15) is 4.79 Å². The Morgan fingerprint density at radius 3 is 2.79 bits per heavy atom. The predicted octanol–water partition coefficient (Wildman–Crippen LogP) is 2.09. The minimum atomic E-state index is -0.446. The molecule has 0 radical (unpaired) electrons. The molecule has 0 saturated heterocycles. The summed E-state index contributed by atoms with van der Waals surface area (Å²) in [4.78, 5) is 11.0. The first-order valence-corrected chi connectivity index (χ1v) is 5.23. The third kappa shape index (κ3) is 1.90. The van der Waals surface area contributed by atoms with E-state index in [1.54, 1.807) is 12.1 Å². The van der Waals surface area contributed by atoms with E-state index in [0.29, 0.717) is 21.9 Å². The van der Waals surface area contributed by atoms with Crippen molar-refractivity contribution < 1.29 is 9.53 Å². The highest BCUT2D eigenvalue weighted by atomic mass is 79.9. The summed E-state index contributed by atoms with van der Waals surface area (Å²) >= 11 is 3.31. The van der Waals surface area contributed by atoms with E-state index in [1.807, 2.05) is 6.07 Å². The first-order chi connectivity index (χ1) is 6.68. The Hall–Kier alpha value is -1.03. The normalized spacial score (nSPS) is 15.2. The fraction of sp³-hybridized carbons (Fsp3) is 0.300. The largest absolute Gasteiger partial charge is 0.489 e. The Kier molecular flexibility index (Phi) is 2.46. The lowest BCUT2D eigenvalue weighted by Gasteiger charge is -2.08. The number of benzene rings is 1. The highest BCUT2D eigenvalue weighted by Gasteiger charge is 2.25. The van der Waals surface area contributed by atoms with Crippen molar-refractivity contribution in [2.75, 3.05) is 0 Å². The zero-order valence-corrected chi connectivity index (χ0v) is 9.08. The smallest absolute Gasteiger partial charge is 0.249 e. The van der Waals surface area contributed by atoms with Crippen LogP contribution in [0.3, 0.4) is 0 Å². The molecule has 1 aromatic rings. The number of primary amides is 1. The van der Waals surface area contributed by atoms with E-state index in [0.717, 1.165) is 12.8 Å². The second-order valence-electron chi connectivity index (χ2n) is 3.30. The third-order valence-corrected chi connectivity index (χ3v) is 2.86. The van der Waals surface area contributed by atoms with Crippen molar-refractivity contribution in [2.45, 2.75) is 18.9 Å². The molecular weight excluding hydrogens is 246 g/mol. The molecule has 0 aliphatic heterocycles. The van der Waals surface area contributed by atoms with Crippen molar-refractivity contribution in [1.29, 1.82) is 0 Å². The monoisotopic (exact) mass is 255 g/mol. The zero-order chi connectivity index (χ0) is 10.1. The molecule has 14 heavy (non-hydrogen) atoms. The van der Waals surface area contributed by atoms with Crippen molar-refractivity contribution in [1.82, 2.24) is 0 Å². The number of carbonyl (C=O) groups is 1. The van der Waals surface area contributed by atoms with Crippen LogP contribution in [0.2, 0.25) is 0 Å². The lowest BCUT2D eigenvalue weighted by Crippen LogP contribution is -2.12. The molecule has 3 nitrogen and oxygen atoms in total. The van der Waals surface area contributed by atoms with Gasteiger partial charge in [0.25, 0.3) is 0 Å². The van der Waals surface area contributed by atoms with Crippen LogP contribution in [0.4, 0.5) is 0 Å². The molecule has 74 valence electrons. The van der Waals surface area contributed by atoms with Gasteiger partial charge in [-0.05, 0) is 40.9 Å². The van der Waals surface area contributed by atoms with Crippen LogP contribution in [0.15, 0.2) is 22.7 Å². The molecule has 2 N–H and O–H groups in total. The maximum atomic E-state index is 11.0. The van der Waals surface area contributed by atoms with Gasteiger partial charge in [-0.1, -0.05) is 6.07 Å². The summed E-state index contributed by atoms with van der Waals surface area (Å²) in [5.41, 5.74) is 5.67. The minimum Gasteiger partial charge on any atom is -0.489 e. The quantitative estimate of drug-likeness (QED) is 0.900. The van der Waals surface area contributed by atoms with Gasteiger partial charge in [-0.15, -0.1) is 0 Å². The van der Waals surface area contributed by atoms with Crippen LogP contribution in [0, 0.1) is 0 Å². The van der Waals surface area contributed by atoms with E-state index in [1.165, 1.54) is 0 Å². The topological polar surface area (TPSA) is 52.3 Å². The van der Waals surface area contributed by atoms with Crippen molar-refractivity contribution in [2.24, 2.45) is 5.73 Å². The summed E-state index contributed by atoms with van der Waals surface area (Å²) in [6, 6.07) is 5.27. The van der Waals surface area contributed by atoms with Gasteiger partial charge in [0, 0.05) is 0 Å². The Balaban J connectivity index is 2.30. The third-order valence-electron chi connectivity index (χ3n) is 2.05. The highest BCUT2D eigenvalue weighted by molar-refractivity contribution is 9.10. The van der Waals surface area contributed by atoms with Gasteiger partial charge in [-0.2, -0.15) is 0 Å². The minimum absolute atomic E-state index is 0.314. The van der Waals surface area contributed by atoms with Gasteiger partial charge in [-0.3, -0.25) is 4.79 Å². The van der Waals surface area contributed by atoms with E-state index < -0.39 is 5.91 Å². The van der Waals surface area contributed by atoms with Crippen molar-refractivity contribution in [3.8, 4) is 5.75 Å². The number of hydrogen-bond donors (Lipinski definition) is 1. The number of rotatable bonds is 3. The molecule has 0 heterocycles. The average Bonchev–Trinajstić information content (AvgIpc) is 2.92. The molecule has 0 aromatic heterocycles. The Morgan fingerprint density at radius 2 is 2.21 bits per heavy atom. The molecule has 2 rings (SSSR count). The van der Waals surface area contributed by atoms with Crippen LogP contribution in [-0.2, 0) is 0 Å². The first-order valence-electron chi connectivity index (χ1n) is 4.43. The molecule has 1 aromatic carbocycles. The highest BCUT2D eigenvalue weighted by Crippen LogP contribution is 2.33. The summed E-state index contributed by atoms with van der Waals surface area (Å²) in [5, 5.41) is 0. The molecule has 0 unspecified atom stereocenters. The van der Waals surface area contributed by atoms with Crippen molar-refractivity contribution >= 4 is 21.8 Å². The van der Waals surface area contributed by atoms with Crippen LogP contribution in [0.5, 0.6) is 5.75 Å². The second kappa shape index (κ2) is 3.61. The van der Waals surface area contributed by atoms with Crippen LogP contribution >= 0.6 is 15.9 Å². The SMILES string of the molecule is NC(=O)c1cccc(OC2CC2)c1Br. The summed E-state index contributed by atoms with van der Waals surface area (Å²) in [6.07, 6.45) is 2.50. The summed E-state index contributed by atoms with van der Waals surface area (Å²) in [7, 11) is 0. The van der Waals surface area contributed by atoms with E-state index >= 15 is 0 Å². The van der Waals surface area contributed by atoms with Crippen molar-refractivity contribution in [3.05, 3.63) is 28.2 Å². The molecule has 1 aliphatic rings. The maximum Gasteiger partial charge on any atom is 0.249 e. The lowest BCUT2D eigenvalue weighted by atomic mass is 10.2. The number of halogens is 1. The molecule has 1 amide bonds. The van der Waals surface area contributed by atoms with Gasteiger partial charge in [0.15, 0.2) is 0 Å². The lowest BCUT2D eigenvalue weighted by molar-refractivity contribution is 0.0999.